The lowest BCUT2D eigenvalue weighted by molar-refractivity contribution is 0.0697. The maximum atomic E-state index is 10.7. The summed E-state index contributed by atoms with van der Waals surface area (Å²) in [5.74, 6) is -0.908. The molecule has 0 unspecified atom stereocenters. The fraction of sp³-hybridized carbons (Fsp3) is 0.0714. The highest BCUT2D eigenvalue weighted by Crippen LogP contribution is 2.29. The standard InChI is InChI=1S/C14H13NO2S/c1-9-8-12(6-7-13(9)15)18-11-4-2-10(3-5-11)14(16)17/h2-8H,15H2,1H3,(H,16,17). The van der Waals surface area contributed by atoms with E-state index in [1.54, 1.807) is 36.0 Å². The number of nitrogens with two attached hydrogens (primary N) is 1. The van der Waals surface area contributed by atoms with Gasteiger partial charge in [-0.1, -0.05) is 11.8 Å². The van der Waals surface area contributed by atoms with Crippen molar-refractivity contribution in [3.8, 4) is 0 Å². The van der Waals surface area contributed by atoms with Crippen molar-refractivity contribution >= 4 is 23.4 Å². The molecule has 92 valence electrons. The summed E-state index contributed by atoms with van der Waals surface area (Å²) in [6, 6.07) is 12.7. The normalized spacial score (nSPS) is 10.3. The monoisotopic (exact) mass is 259 g/mol. The Morgan fingerprint density at radius 2 is 1.72 bits per heavy atom. The van der Waals surface area contributed by atoms with Gasteiger partial charge in [0.05, 0.1) is 5.56 Å². The zero-order valence-electron chi connectivity index (χ0n) is 9.88. The van der Waals surface area contributed by atoms with Gasteiger partial charge >= 0.3 is 5.97 Å². The van der Waals surface area contributed by atoms with E-state index in [1.807, 2.05) is 25.1 Å². The van der Waals surface area contributed by atoms with Crippen molar-refractivity contribution in [1.82, 2.24) is 0 Å². The Morgan fingerprint density at radius 1 is 1.11 bits per heavy atom. The molecule has 0 saturated heterocycles. The van der Waals surface area contributed by atoms with Crippen molar-refractivity contribution in [1.29, 1.82) is 0 Å². The van der Waals surface area contributed by atoms with Crippen LogP contribution in [-0.2, 0) is 0 Å². The van der Waals surface area contributed by atoms with Gasteiger partial charge in [-0.25, -0.2) is 4.79 Å². The van der Waals surface area contributed by atoms with Crippen LogP contribution in [0, 0.1) is 6.92 Å². The number of carboxylic acid groups (broad SMARTS) is 1. The van der Waals surface area contributed by atoms with Crippen LogP contribution in [0.5, 0.6) is 0 Å². The first-order chi connectivity index (χ1) is 8.56. The lowest BCUT2D eigenvalue weighted by Gasteiger charge is -2.05. The highest BCUT2D eigenvalue weighted by atomic mass is 32.2. The average Bonchev–Trinajstić information content (AvgIpc) is 2.34. The van der Waals surface area contributed by atoms with Crippen LogP contribution in [-0.4, -0.2) is 11.1 Å². The molecule has 0 aromatic heterocycles. The van der Waals surface area contributed by atoms with E-state index >= 15 is 0 Å². The number of hydrogen-bond donors (Lipinski definition) is 2. The zero-order valence-corrected chi connectivity index (χ0v) is 10.7. The Bertz CT molecular complexity index is 579. The average molecular weight is 259 g/mol. The third kappa shape index (κ3) is 2.84. The number of aryl methyl sites for hydroxylation is 1. The molecule has 2 aromatic carbocycles. The minimum atomic E-state index is -0.908. The summed E-state index contributed by atoms with van der Waals surface area (Å²) in [5.41, 5.74) is 7.88. The Labute approximate surface area is 110 Å². The van der Waals surface area contributed by atoms with Gasteiger partial charge in [-0.3, -0.25) is 0 Å². The van der Waals surface area contributed by atoms with Crippen LogP contribution in [0.2, 0.25) is 0 Å². The second-order valence-corrected chi connectivity index (χ2v) is 5.10. The second-order valence-electron chi connectivity index (χ2n) is 3.95. The number of hydrogen-bond acceptors (Lipinski definition) is 3. The van der Waals surface area contributed by atoms with Crippen LogP contribution in [0.1, 0.15) is 15.9 Å². The smallest absolute Gasteiger partial charge is 0.335 e. The number of nitrogen functional groups attached to an aromatic ring is 1. The summed E-state index contributed by atoms with van der Waals surface area (Å²) in [5, 5.41) is 8.81. The largest absolute Gasteiger partial charge is 0.478 e. The van der Waals surface area contributed by atoms with Crippen LogP contribution in [0.25, 0.3) is 0 Å². The van der Waals surface area contributed by atoms with Crippen molar-refractivity contribution in [2.24, 2.45) is 0 Å². The van der Waals surface area contributed by atoms with E-state index in [-0.39, 0.29) is 0 Å². The highest BCUT2D eigenvalue weighted by Gasteiger charge is 2.03. The fourth-order valence-electron chi connectivity index (χ4n) is 1.51. The van der Waals surface area contributed by atoms with Gasteiger partial charge in [0.1, 0.15) is 0 Å². The molecule has 0 aliphatic heterocycles. The van der Waals surface area contributed by atoms with E-state index in [0.717, 1.165) is 21.0 Å². The summed E-state index contributed by atoms with van der Waals surface area (Å²) >= 11 is 1.58. The molecule has 0 bridgehead atoms. The number of rotatable bonds is 3. The summed E-state index contributed by atoms with van der Waals surface area (Å²) in [4.78, 5) is 12.8. The molecule has 3 N–H and O–H groups in total. The molecule has 0 spiro atoms. The molecule has 4 heteroatoms. The Kier molecular flexibility index (Phi) is 3.58. The summed E-state index contributed by atoms with van der Waals surface area (Å²) < 4.78 is 0. The van der Waals surface area contributed by atoms with Gasteiger partial charge in [0, 0.05) is 15.5 Å². The molecule has 0 atom stereocenters. The third-order valence-corrected chi connectivity index (χ3v) is 3.58. The summed E-state index contributed by atoms with van der Waals surface area (Å²) in [6.45, 7) is 1.97. The number of anilines is 1. The van der Waals surface area contributed by atoms with Gasteiger partial charge in [-0.15, -0.1) is 0 Å². The van der Waals surface area contributed by atoms with Gasteiger partial charge in [0.25, 0.3) is 0 Å². The lowest BCUT2D eigenvalue weighted by atomic mass is 10.2. The van der Waals surface area contributed by atoms with Crippen LogP contribution in [0.4, 0.5) is 5.69 Å². The van der Waals surface area contributed by atoms with E-state index in [0.29, 0.717) is 5.56 Å². The van der Waals surface area contributed by atoms with Crippen molar-refractivity contribution in [2.75, 3.05) is 5.73 Å². The molecule has 3 nitrogen and oxygen atoms in total. The van der Waals surface area contributed by atoms with Gasteiger partial charge < -0.3 is 10.8 Å². The number of carboxylic acids is 1. The predicted octanol–water partition coefficient (Wildman–Crippen LogP) is 3.43. The molecule has 0 aliphatic rings. The van der Waals surface area contributed by atoms with E-state index < -0.39 is 5.97 Å². The Hall–Kier alpha value is -1.94. The van der Waals surface area contributed by atoms with E-state index in [2.05, 4.69) is 0 Å². The van der Waals surface area contributed by atoms with Crippen LogP contribution in [0.3, 0.4) is 0 Å². The molecule has 0 aliphatic carbocycles. The van der Waals surface area contributed by atoms with Crippen LogP contribution >= 0.6 is 11.8 Å². The maximum Gasteiger partial charge on any atom is 0.335 e. The number of benzene rings is 2. The van der Waals surface area contributed by atoms with Crippen LogP contribution < -0.4 is 5.73 Å². The molecule has 0 heterocycles. The minimum Gasteiger partial charge on any atom is -0.478 e. The van der Waals surface area contributed by atoms with E-state index in [1.165, 1.54) is 0 Å². The molecule has 0 amide bonds. The number of aromatic carboxylic acids is 1. The first-order valence-corrected chi connectivity index (χ1v) is 6.25. The first-order valence-electron chi connectivity index (χ1n) is 5.43. The quantitative estimate of drug-likeness (QED) is 0.829. The zero-order chi connectivity index (χ0) is 13.1. The highest BCUT2D eigenvalue weighted by molar-refractivity contribution is 7.99. The predicted molar refractivity (Wildman–Crippen MR) is 73.1 cm³/mol. The lowest BCUT2D eigenvalue weighted by Crippen LogP contribution is -1.94. The molecule has 0 radical (unpaired) electrons. The molecule has 2 rings (SSSR count). The summed E-state index contributed by atoms with van der Waals surface area (Å²) in [6.07, 6.45) is 0. The second kappa shape index (κ2) is 5.14. The molecule has 0 saturated carbocycles. The topological polar surface area (TPSA) is 63.3 Å². The number of carbonyl (C=O) groups is 1. The van der Waals surface area contributed by atoms with Crippen molar-refractivity contribution < 1.29 is 9.90 Å². The summed E-state index contributed by atoms with van der Waals surface area (Å²) in [7, 11) is 0. The molecule has 2 aromatic rings. The first kappa shape index (κ1) is 12.5. The van der Waals surface area contributed by atoms with Gasteiger partial charge in [-0.2, -0.15) is 0 Å². The Morgan fingerprint density at radius 3 is 2.28 bits per heavy atom. The molecular formula is C14H13NO2S. The molecule has 18 heavy (non-hydrogen) atoms. The molecular weight excluding hydrogens is 246 g/mol. The van der Waals surface area contributed by atoms with E-state index in [4.69, 9.17) is 10.8 Å². The van der Waals surface area contributed by atoms with Crippen molar-refractivity contribution in [3.63, 3.8) is 0 Å². The maximum absolute atomic E-state index is 10.7. The van der Waals surface area contributed by atoms with E-state index in [9.17, 15) is 4.79 Å². The van der Waals surface area contributed by atoms with Gasteiger partial charge in [0.2, 0.25) is 0 Å². The SMILES string of the molecule is Cc1cc(Sc2ccc(C(=O)O)cc2)ccc1N. The molecule has 0 fully saturated rings. The Balaban J connectivity index is 2.18. The van der Waals surface area contributed by atoms with Crippen molar-refractivity contribution in [2.45, 2.75) is 16.7 Å². The third-order valence-electron chi connectivity index (χ3n) is 2.58. The minimum absolute atomic E-state index is 0.299. The van der Waals surface area contributed by atoms with Gasteiger partial charge in [0.15, 0.2) is 0 Å². The van der Waals surface area contributed by atoms with Gasteiger partial charge in [-0.05, 0) is 55.0 Å². The van der Waals surface area contributed by atoms with Crippen LogP contribution in [0.15, 0.2) is 52.3 Å². The fourth-order valence-corrected chi connectivity index (χ4v) is 2.43. The van der Waals surface area contributed by atoms with Crippen molar-refractivity contribution in [3.05, 3.63) is 53.6 Å².